The van der Waals surface area contributed by atoms with Gasteiger partial charge in [-0.2, -0.15) is 5.10 Å². The molecule has 2 heterocycles. The topological polar surface area (TPSA) is 43.0 Å². The lowest BCUT2D eigenvalue weighted by molar-refractivity contribution is 0.500. The molecule has 21 heavy (non-hydrogen) atoms. The molecule has 0 aliphatic carbocycles. The SMILES string of the molecule is CCCNC(Cc1c(Br)c(CC)nn1C)c1ccoc1Cl. The molecule has 2 rings (SSSR count). The number of furan rings is 1. The van der Waals surface area contributed by atoms with Crippen molar-refractivity contribution in [2.24, 2.45) is 7.05 Å². The van der Waals surface area contributed by atoms with Crippen LogP contribution >= 0.6 is 27.5 Å². The molecule has 116 valence electrons. The van der Waals surface area contributed by atoms with Crippen LogP contribution in [-0.4, -0.2) is 16.3 Å². The van der Waals surface area contributed by atoms with Gasteiger partial charge in [0.25, 0.3) is 0 Å². The highest BCUT2D eigenvalue weighted by Gasteiger charge is 2.21. The third kappa shape index (κ3) is 3.71. The van der Waals surface area contributed by atoms with Crippen LogP contribution in [0.25, 0.3) is 0 Å². The van der Waals surface area contributed by atoms with Crippen molar-refractivity contribution < 1.29 is 4.42 Å². The second kappa shape index (κ2) is 7.47. The predicted octanol–water partition coefficient (Wildman–Crippen LogP) is 4.27. The third-order valence-electron chi connectivity index (χ3n) is 3.56. The lowest BCUT2D eigenvalue weighted by atomic mass is 10.0. The average molecular weight is 375 g/mol. The Labute approximate surface area is 139 Å². The summed E-state index contributed by atoms with van der Waals surface area (Å²) in [4.78, 5) is 0. The zero-order chi connectivity index (χ0) is 15.4. The molecule has 4 nitrogen and oxygen atoms in total. The second-order valence-corrected chi connectivity index (χ2v) is 6.18. The number of aromatic nitrogens is 2. The molecule has 1 atom stereocenters. The summed E-state index contributed by atoms with van der Waals surface area (Å²) in [5.74, 6) is 0. The van der Waals surface area contributed by atoms with Gasteiger partial charge in [-0.3, -0.25) is 4.68 Å². The van der Waals surface area contributed by atoms with Crippen molar-refractivity contribution in [3.05, 3.63) is 39.0 Å². The summed E-state index contributed by atoms with van der Waals surface area (Å²) in [6.07, 6.45) is 4.42. The van der Waals surface area contributed by atoms with Crippen molar-refractivity contribution in [1.29, 1.82) is 0 Å². The zero-order valence-electron chi connectivity index (χ0n) is 12.6. The summed E-state index contributed by atoms with van der Waals surface area (Å²) in [7, 11) is 1.98. The summed E-state index contributed by atoms with van der Waals surface area (Å²) in [5.41, 5.74) is 3.24. The van der Waals surface area contributed by atoms with Gasteiger partial charge in [0.1, 0.15) is 0 Å². The first kappa shape index (κ1) is 16.6. The van der Waals surface area contributed by atoms with Crippen molar-refractivity contribution >= 4 is 27.5 Å². The van der Waals surface area contributed by atoms with E-state index in [2.05, 4.69) is 40.2 Å². The number of nitrogens with zero attached hydrogens (tertiary/aromatic N) is 2. The molecule has 0 spiro atoms. The summed E-state index contributed by atoms with van der Waals surface area (Å²) in [6, 6.07) is 2.05. The number of aryl methyl sites for hydroxylation is 2. The molecule has 2 aromatic heterocycles. The molecule has 0 aliphatic rings. The first-order valence-electron chi connectivity index (χ1n) is 7.24. The first-order valence-corrected chi connectivity index (χ1v) is 8.42. The molecule has 0 aromatic carbocycles. The molecule has 0 fully saturated rings. The van der Waals surface area contributed by atoms with Gasteiger partial charge in [0.05, 0.1) is 22.1 Å². The maximum absolute atomic E-state index is 6.15. The van der Waals surface area contributed by atoms with E-state index in [9.17, 15) is 0 Å². The normalized spacial score (nSPS) is 12.8. The van der Waals surface area contributed by atoms with Crippen LogP contribution in [-0.2, 0) is 19.9 Å². The monoisotopic (exact) mass is 373 g/mol. The van der Waals surface area contributed by atoms with E-state index in [0.29, 0.717) is 5.22 Å². The predicted molar refractivity (Wildman–Crippen MR) is 88.7 cm³/mol. The highest BCUT2D eigenvalue weighted by atomic mass is 79.9. The fourth-order valence-electron chi connectivity index (χ4n) is 2.40. The number of hydrogen-bond acceptors (Lipinski definition) is 3. The highest BCUT2D eigenvalue weighted by Crippen LogP contribution is 2.30. The van der Waals surface area contributed by atoms with E-state index in [1.54, 1.807) is 6.26 Å². The van der Waals surface area contributed by atoms with Gasteiger partial charge in [0.2, 0.25) is 0 Å². The Morgan fingerprint density at radius 3 is 2.76 bits per heavy atom. The highest BCUT2D eigenvalue weighted by molar-refractivity contribution is 9.10. The Morgan fingerprint density at radius 1 is 1.48 bits per heavy atom. The lowest BCUT2D eigenvalue weighted by Crippen LogP contribution is -2.25. The summed E-state index contributed by atoms with van der Waals surface area (Å²) in [6.45, 7) is 5.19. The molecule has 1 N–H and O–H groups in total. The minimum atomic E-state index is 0.118. The van der Waals surface area contributed by atoms with Crippen LogP contribution in [0.2, 0.25) is 5.22 Å². The Bertz CT molecular complexity index is 594. The average Bonchev–Trinajstić information content (AvgIpc) is 3.00. The third-order valence-corrected chi connectivity index (χ3v) is 4.79. The van der Waals surface area contributed by atoms with Gasteiger partial charge >= 0.3 is 0 Å². The van der Waals surface area contributed by atoms with E-state index < -0.39 is 0 Å². The van der Waals surface area contributed by atoms with Crippen LogP contribution < -0.4 is 5.32 Å². The Hall–Kier alpha value is -0.780. The van der Waals surface area contributed by atoms with Crippen LogP contribution in [0.3, 0.4) is 0 Å². The van der Waals surface area contributed by atoms with Crippen molar-refractivity contribution in [3.63, 3.8) is 0 Å². The molecule has 0 aliphatic heterocycles. The van der Waals surface area contributed by atoms with Crippen LogP contribution in [0, 0.1) is 0 Å². The fourth-order valence-corrected chi connectivity index (χ4v) is 3.42. The number of nitrogens with one attached hydrogen (secondary N) is 1. The summed E-state index contributed by atoms with van der Waals surface area (Å²) < 4.78 is 8.28. The van der Waals surface area contributed by atoms with Crippen molar-refractivity contribution in [2.75, 3.05) is 6.54 Å². The summed E-state index contributed by atoms with van der Waals surface area (Å²) in [5, 5.41) is 8.54. The maximum Gasteiger partial charge on any atom is 0.197 e. The van der Waals surface area contributed by atoms with Crippen LogP contribution in [0.15, 0.2) is 21.2 Å². The van der Waals surface area contributed by atoms with Crippen molar-refractivity contribution in [1.82, 2.24) is 15.1 Å². The Kier molecular flexibility index (Phi) is 5.90. The van der Waals surface area contributed by atoms with Crippen LogP contribution in [0.5, 0.6) is 0 Å². The zero-order valence-corrected chi connectivity index (χ0v) is 15.0. The van der Waals surface area contributed by atoms with Crippen LogP contribution in [0.1, 0.15) is 43.3 Å². The van der Waals surface area contributed by atoms with Gasteiger partial charge in [0.15, 0.2) is 5.22 Å². The van der Waals surface area contributed by atoms with E-state index in [-0.39, 0.29) is 6.04 Å². The van der Waals surface area contributed by atoms with E-state index in [1.807, 2.05) is 17.8 Å². The van der Waals surface area contributed by atoms with Gasteiger partial charge in [0, 0.05) is 25.1 Å². The quantitative estimate of drug-likeness (QED) is 0.787. The fraction of sp³-hybridized carbons (Fsp3) is 0.533. The van der Waals surface area contributed by atoms with E-state index >= 15 is 0 Å². The largest absolute Gasteiger partial charge is 0.453 e. The number of rotatable bonds is 7. The molecule has 0 saturated heterocycles. The number of hydrogen-bond donors (Lipinski definition) is 1. The molecule has 6 heteroatoms. The first-order chi connectivity index (χ1) is 10.1. The van der Waals surface area contributed by atoms with Crippen molar-refractivity contribution in [3.8, 4) is 0 Å². The van der Waals surface area contributed by atoms with Gasteiger partial charge in [-0.25, -0.2) is 0 Å². The molecule has 0 amide bonds. The number of halogens is 2. The van der Waals surface area contributed by atoms with Gasteiger partial charge in [-0.15, -0.1) is 0 Å². The molecule has 0 saturated carbocycles. The van der Waals surface area contributed by atoms with E-state index in [1.165, 1.54) is 0 Å². The molecule has 1 unspecified atom stereocenters. The van der Waals surface area contributed by atoms with E-state index in [0.717, 1.165) is 47.2 Å². The smallest absolute Gasteiger partial charge is 0.197 e. The minimum absolute atomic E-state index is 0.118. The maximum atomic E-state index is 6.15. The second-order valence-electron chi connectivity index (χ2n) is 5.05. The minimum Gasteiger partial charge on any atom is -0.453 e. The van der Waals surface area contributed by atoms with Gasteiger partial charge in [-0.1, -0.05) is 13.8 Å². The lowest BCUT2D eigenvalue weighted by Gasteiger charge is -2.18. The Balaban J connectivity index is 2.27. The van der Waals surface area contributed by atoms with E-state index in [4.69, 9.17) is 16.0 Å². The van der Waals surface area contributed by atoms with Crippen LogP contribution in [0.4, 0.5) is 0 Å². The standard InChI is InChI=1S/C15H21BrClN3O/c1-4-7-18-12(10-6-8-21-15(10)17)9-13-14(16)11(5-2)19-20(13)3/h6,8,12,18H,4-5,7,9H2,1-3H3. The molecule has 0 radical (unpaired) electrons. The van der Waals surface area contributed by atoms with Gasteiger partial charge < -0.3 is 9.73 Å². The molecular weight excluding hydrogens is 354 g/mol. The summed E-state index contributed by atoms with van der Waals surface area (Å²) >= 11 is 9.82. The molecular formula is C15H21BrClN3O. The molecule has 2 aromatic rings. The van der Waals surface area contributed by atoms with Gasteiger partial charge in [-0.05, 0) is 53.0 Å². The van der Waals surface area contributed by atoms with Crippen molar-refractivity contribution in [2.45, 2.75) is 39.2 Å². The Morgan fingerprint density at radius 2 is 2.24 bits per heavy atom. The molecule has 0 bridgehead atoms.